The van der Waals surface area contributed by atoms with Crippen molar-refractivity contribution in [2.75, 3.05) is 18.4 Å². The van der Waals surface area contributed by atoms with Gasteiger partial charge in [0.2, 0.25) is 5.91 Å². The fraction of sp³-hybridized carbons (Fsp3) is 0.333. The summed E-state index contributed by atoms with van der Waals surface area (Å²) in [5.41, 5.74) is 3.07. The molecule has 3 aromatic rings. The second kappa shape index (κ2) is 7.80. The minimum absolute atomic E-state index is 0.0186. The van der Waals surface area contributed by atoms with Crippen LogP contribution in [0.2, 0.25) is 0 Å². The Kier molecular flexibility index (Phi) is 5.06. The highest BCUT2D eigenvalue weighted by Gasteiger charge is 2.28. The number of likely N-dealkylation sites (tertiary alicyclic amines) is 1. The number of aryl methyl sites for hydroxylation is 1. The molecule has 4 rings (SSSR count). The minimum atomic E-state index is -0.0730. The number of nitrogens with one attached hydrogen (secondary N) is 1. The zero-order valence-corrected chi connectivity index (χ0v) is 15.8. The van der Waals surface area contributed by atoms with Crippen LogP contribution in [0, 0.1) is 5.92 Å². The number of fused-ring (bicyclic) bond motifs is 1. The topological polar surface area (TPSA) is 80.1 Å². The Morgan fingerprint density at radius 1 is 1.11 bits per heavy atom. The zero-order chi connectivity index (χ0) is 19.5. The number of rotatable bonds is 4. The summed E-state index contributed by atoms with van der Waals surface area (Å²) in [7, 11) is 0. The molecular weight excluding hydrogens is 354 g/mol. The number of anilines is 1. The Balaban J connectivity index is 1.38. The normalized spacial score (nSPS) is 15.0. The lowest BCUT2D eigenvalue weighted by molar-refractivity contribution is -0.121. The molecule has 0 bridgehead atoms. The second-order valence-corrected chi connectivity index (χ2v) is 7.03. The van der Waals surface area contributed by atoms with Gasteiger partial charge in [-0.05, 0) is 50.1 Å². The van der Waals surface area contributed by atoms with Crippen molar-refractivity contribution in [1.29, 1.82) is 0 Å². The standard InChI is InChI=1S/C21H23N5O2/c1-2-26-19-9-8-16(14-18(19)23-24-26)21(28)25-12-10-15(11-13-25)20(27)22-17-6-4-3-5-7-17/h3-9,14-15H,2,10-13H2,1H3,(H,22,27). The van der Waals surface area contributed by atoms with Crippen molar-refractivity contribution in [2.24, 2.45) is 5.92 Å². The van der Waals surface area contributed by atoms with Gasteiger partial charge in [-0.2, -0.15) is 0 Å². The van der Waals surface area contributed by atoms with Gasteiger partial charge >= 0.3 is 0 Å². The van der Waals surface area contributed by atoms with Crippen LogP contribution in [0.25, 0.3) is 11.0 Å². The molecule has 1 saturated heterocycles. The number of hydrogen-bond donors (Lipinski definition) is 1. The number of nitrogens with zero attached hydrogens (tertiary/aromatic N) is 4. The van der Waals surface area contributed by atoms with E-state index in [2.05, 4.69) is 15.6 Å². The summed E-state index contributed by atoms with van der Waals surface area (Å²) in [5.74, 6) is -0.0676. The van der Waals surface area contributed by atoms with E-state index in [1.165, 1.54) is 0 Å². The summed E-state index contributed by atoms with van der Waals surface area (Å²) in [6, 6.07) is 15.0. The molecule has 0 radical (unpaired) electrons. The van der Waals surface area contributed by atoms with Gasteiger partial charge < -0.3 is 10.2 Å². The van der Waals surface area contributed by atoms with Crippen molar-refractivity contribution in [1.82, 2.24) is 19.9 Å². The first-order chi connectivity index (χ1) is 13.7. The number of aromatic nitrogens is 3. The molecule has 1 aromatic heterocycles. The lowest BCUT2D eigenvalue weighted by Gasteiger charge is -2.31. The summed E-state index contributed by atoms with van der Waals surface area (Å²) in [5, 5.41) is 11.2. The van der Waals surface area contributed by atoms with Crippen LogP contribution in [-0.2, 0) is 11.3 Å². The number of hydrogen-bond acceptors (Lipinski definition) is 4. The van der Waals surface area contributed by atoms with Crippen LogP contribution in [0.1, 0.15) is 30.1 Å². The summed E-state index contributed by atoms with van der Waals surface area (Å²) in [6.45, 7) is 3.89. The van der Waals surface area contributed by atoms with Crippen molar-refractivity contribution in [3.63, 3.8) is 0 Å². The van der Waals surface area contributed by atoms with Gasteiger partial charge in [0.1, 0.15) is 5.52 Å². The molecule has 0 saturated carbocycles. The van der Waals surface area contributed by atoms with E-state index in [-0.39, 0.29) is 17.7 Å². The van der Waals surface area contributed by atoms with Crippen LogP contribution in [0.3, 0.4) is 0 Å². The Morgan fingerprint density at radius 2 is 1.86 bits per heavy atom. The predicted octanol–water partition coefficient (Wildman–Crippen LogP) is 2.94. The van der Waals surface area contributed by atoms with Crippen LogP contribution in [-0.4, -0.2) is 44.8 Å². The molecule has 1 aliphatic heterocycles. The molecular formula is C21H23N5O2. The van der Waals surface area contributed by atoms with Crippen LogP contribution < -0.4 is 5.32 Å². The van der Waals surface area contributed by atoms with Crippen LogP contribution in [0.5, 0.6) is 0 Å². The molecule has 28 heavy (non-hydrogen) atoms. The number of piperidine rings is 1. The van der Waals surface area contributed by atoms with Crippen molar-refractivity contribution in [3.05, 3.63) is 54.1 Å². The van der Waals surface area contributed by atoms with E-state index in [1.807, 2.05) is 54.3 Å². The smallest absolute Gasteiger partial charge is 0.253 e. The first kappa shape index (κ1) is 18.2. The quantitative estimate of drug-likeness (QED) is 0.758. The van der Waals surface area contributed by atoms with E-state index in [0.717, 1.165) is 23.3 Å². The first-order valence-corrected chi connectivity index (χ1v) is 9.64. The Bertz CT molecular complexity index is 990. The van der Waals surface area contributed by atoms with Gasteiger partial charge in [0.25, 0.3) is 5.91 Å². The largest absolute Gasteiger partial charge is 0.339 e. The Morgan fingerprint density at radius 3 is 2.57 bits per heavy atom. The highest BCUT2D eigenvalue weighted by atomic mass is 16.2. The van der Waals surface area contributed by atoms with E-state index in [9.17, 15) is 9.59 Å². The highest BCUT2D eigenvalue weighted by Crippen LogP contribution is 2.22. The third-order valence-corrected chi connectivity index (χ3v) is 5.25. The van der Waals surface area contributed by atoms with Gasteiger partial charge in [-0.3, -0.25) is 9.59 Å². The summed E-state index contributed by atoms with van der Waals surface area (Å²) < 4.78 is 1.81. The average molecular weight is 377 g/mol. The van der Waals surface area contributed by atoms with E-state index in [1.54, 1.807) is 10.7 Å². The van der Waals surface area contributed by atoms with Gasteiger partial charge in [-0.1, -0.05) is 23.4 Å². The predicted molar refractivity (Wildman–Crippen MR) is 107 cm³/mol. The molecule has 0 spiro atoms. The van der Waals surface area contributed by atoms with Gasteiger partial charge in [0.05, 0.1) is 5.52 Å². The minimum Gasteiger partial charge on any atom is -0.339 e. The number of benzene rings is 2. The SMILES string of the molecule is CCn1nnc2cc(C(=O)N3CCC(C(=O)Nc4ccccc4)CC3)ccc21. The van der Waals surface area contributed by atoms with Crippen LogP contribution in [0.15, 0.2) is 48.5 Å². The maximum Gasteiger partial charge on any atom is 0.253 e. The van der Waals surface area contributed by atoms with Crippen molar-refractivity contribution >= 4 is 28.5 Å². The number of carbonyl (C=O) groups is 2. The average Bonchev–Trinajstić information content (AvgIpc) is 3.16. The second-order valence-electron chi connectivity index (χ2n) is 7.03. The molecule has 7 nitrogen and oxygen atoms in total. The molecule has 2 heterocycles. The molecule has 0 atom stereocenters. The third-order valence-electron chi connectivity index (χ3n) is 5.25. The van der Waals surface area contributed by atoms with Crippen molar-refractivity contribution in [3.8, 4) is 0 Å². The van der Waals surface area contributed by atoms with Crippen molar-refractivity contribution in [2.45, 2.75) is 26.3 Å². The van der Waals surface area contributed by atoms with Crippen LogP contribution >= 0.6 is 0 Å². The zero-order valence-electron chi connectivity index (χ0n) is 15.8. The fourth-order valence-electron chi connectivity index (χ4n) is 3.63. The molecule has 2 aromatic carbocycles. The third kappa shape index (κ3) is 3.60. The monoisotopic (exact) mass is 377 g/mol. The van der Waals surface area contributed by atoms with Gasteiger partial charge in [0, 0.05) is 36.8 Å². The maximum atomic E-state index is 12.9. The maximum absolute atomic E-state index is 12.9. The fourth-order valence-corrected chi connectivity index (χ4v) is 3.63. The number of para-hydroxylation sites is 1. The lowest BCUT2D eigenvalue weighted by atomic mass is 9.95. The molecule has 1 N–H and O–H groups in total. The first-order valence-electron chi connectivity index (χ1n) is 9.64. The molecule has 144 valence electrons. The Hall–Kier alpha value is -3.22. The lowest BCUT2D eigenvalue weighted by Crippen LogP contribution is -2.41. The summed E-state index contributed by atoms with van der Waals surface area (Å²) in [4.78, 5) is 27.1. The van der Waals surface area contributed by atoms with E-state index >= 15 is 0 Å². The van der Waals surface area contributed by atoms with Gasteiger partial charge in [-0.25, -0.2) is 4.68 Å². The van der Waals surface area contributed by atoms with E-state index in [4.69, 9.17) is 0 Å². The highest BCUT2D eigenvalue weighted by molar-refractivity contribution is 5.97. The molecule has 2 amide bonds. The molecule has 7 heteroatoms. The molecule has 0 aliphatic carbocycles. The number of amides is 2. The van der Waals surface area contributed by atoms with E-state index in [0.29, 0.717) is 31.5 Å². The molecule has 0 unspecified atom stereocenters. The summed E-state index contributed by atoms with van der Waals surface area (Å²) in [6.07, 6.45) is 1.33. The van der Waals surface area contributed by atoms with Crippen molar-refractivity contribution < 1.29 is 9.59 Å². The van der Waals surface area contributed by atoms with E-state index < -0.39 is 0 Å². The Labute approximate surface area is 163 Å². The molecule has 1 aliphatic rings. The van der Waals surface area contributed by atoms with Gasteiger partial charge in [0.15, 0.2) is 0 Å². The molecule has 1 fully saturated rings. The van der Waals surface area contributed by atoms with Gasteiger partial charge in [-0.15, -0.1) is 5.10 Å². The van der Waals surface area contributed by atoms with Crippen LogP contribution in [0.4, 0.5) is 5.69 Å². The summed E-state index contributed by atoms with van der Waals surface area (Å²) >= 11 is 0. The number of carbonyl (C=O) groups excluding carboxylic acids is 2.